The molecule has 0 aliphatic heterocycles. The molecule has 0 saturated carbocycles. The Bertz CT molecular complexity index is 331. The van der Waals surface area contributed by atoms with Crippen LogP contribution in [0.15, 0.2) is 24.3 Å². The van der Waals surface area contributed by atoms with Crippen LogP contribution in [0.25, 0.3) is 0 Å². The lowest BCUT2D eigenvalue weighted by atomic mass is 9.99. The normalized spacial score (nSPS) is 10.7. The van der Waals surface area contributed by atoms with Crippen LogP contribution >= 0.6 is 0 Å². The first-order valence-corrected chi connectivity index (χ1v) is 5.45. The van der Waals surface area contributed by atoms with E-state index in [2.05, 4.69) is 19.9 Å². The summed E-state index contributed by atoms with van der Waals surface area (Å²) in [5.41, 5.74) is 7.38. The first-order valence-electron chi connectivity index (χ1n) is 5.45. The molecule has 0 aromatic heterocycles. The fourth-order valence-electron chi connectivity index (χ4n) is 1.62. The number of nitrogens with two attached hydrogens (primary N) is 1. The third-order valence-electron chi connectivity index (χ3n) is 2.26. The maximum atomic E-state index is 11.6. The lowest BCUT2D eigenvalue weighted by Crippen LogP contribution is -2.08. The van der Waals surface area contributed by atoms with Crippen molar-refractivity contribution < 1.29 is 4.79 Å². The van der Waals surface area contributed by atoms with E-state index in [0.717, 1.165) is 12.0 Å². The van der Waals surface area contributed by atoms with Crippen molar-refractivity contribution in [3.05, 3.63) is 35.4 Å². The molecule has 2 nitrogen and oxygen atoms in total. The molecule has 0 saturated heterocycles. The van der Waals surface area contributed by atoms with Crippen molar-refractivity contribution in [2.45, 2.75) is 26.7 Å². The molecule has 0 fully saturated rings. The van der Waals surface area contributed by atoms with Crippen molar-refractivity contribution >= 4 is 5.78 Å². The summed E-state index contributed by atoms with van der Waals surface area (Å²) in [5, 5.41) is 0. The minimum Gasteiger partial charge on any atom is -0.330 e. The van der Waals surface area contributed by atoms with E-state index in [1.165, 1.54) is 5.56 Å². The molecule has 2 heteroatoms. The van der Waals surface area contributed by atoms with Crippen molar-refractivity contribution in [2.24, 2.45) is 11.7 Å². The van der Waals surface area contributed by atoms with Crippen molar-refractivity contribution in [2.75, 3.05) is 6.54 Å². The highest BCUT2D eigenvalue weighted by Gasteiger charge is 2.05. The first-order chi connectivity index (χ1) is 7.13. The number of benzene rings is 1. The third-order valence-corrected chi connectivity index (χ3v) is 2.26. The van der Waals surface area contributed by atoms with Gasteiger partial charge < -0.3 is 5.73 Å². The van der Waals surface area contributed by atoms with Crippen LogP contribution < -0.4 is 5.73 Å². The molecule has 0 aliphatic carbocycles. The van der Waals surface area contributed by atoms with E-state index in [-0.39, 0.29) is 5.78 Å². The molecule has 1 aromatic carbocycles. The number of Topliss-reactive ketones (excluding diaryl/α,β-unsaturated/α-hetero) is 1. The summed E-state index contributed by atoms with van der Waals surface area (Å²) in [7, 11) is 0. The van der Waals surface area contributed by atoms with E-state index in [9.17, 15) is 4.79 Å². The van der Waals surface area contributed by atoms with Gasteiger partial charge in [-0.1, -0.05) is 32.0 Å². The van der Waals surface area contributed by atoms with Crippen LogP contribution in [0.4, 0.5) is 0 Å². The van der Waals surface area contributed by atoms with E-state index in [1.807, 2.05) is 18.2 Å². The Kier molecular flexibility index (Phi) is 4.50. The quantitative estimate of drug-likeness (QED) is 0.750. The summed E-state index contributed by atoms with van der Waals surface area (Å²) >= 11 is 0. The van der Waals surface area contributed by atoms with Crippen molar-refractivity contribution in [3.63, 3.8) is 0 Å². The second-order valence-corrected chi connectivity index (χ2v) is 4.26. The largest absolute Gasteiger partial charge is 0.330 e. The molecule has 0 radical (unpaired) electrons. The van der Waals surface area contributed by atoms with Gasteiger partial charge in [-0.3, -0.25) is 4.79 Å². The summed E-state index contributed by atoms with van der Waals surface area (Å²) in [6, 6.07) is 7.86. The number of carbonyl (C=O) groups is 1. The number of hydrogen-bond donors (Lipinski definition) is 1. The molecular weight excluding hydrogens is 186 g/mol. The van der Waals surface area contributed by atoms with Crippen LogP contribution in [-0.4, -0.2) is 12.3 Å². The van der Waals surface area contributed by atoms with Gasteiger partial charge in [-0.25, -0.2) is 0 Å². The van der Waals surface area contributed by atoms with Crippen LogP contribution in [0.2, 0.25) is 0 Å². The maximum Gasteiger partial charge on any atom is 0.164 e. The number of ketones is 1. The maximum absolute atomic E-state index is 11.6. The van der Waals surface area contributed by atoms with Gasteiger partial charge >= 0.3 is 0 Å². The predicted molar refractivity (Wildman–Crippen MR) is 63.0 cm³/mol. The van der Waals surface area contributed by atoms with E-state index < -0.39 is 0 Å². The number of hydrogen-bond acceptors (Lipinski definition) is 2. The molecule has 0 unspecified atom stereocenters. The number of rotatable bonds is 5. The SMILES string of the molecule is CC(C)Cc1cccc(C(=O)CCN)c1. The van der Waals surface area contributed by atoms with E-state index >= 15 is 0 Å². The zero-order chi connectivity index (χ0) is 11.3. The fourth-order valence-corrected chi connectivity index (χ4v) is 1.62. The smallest absolute Gasteiger partial charge is 0.164 e. The summed E-state index contributed by atoms with van der Waals surface area (Å²) in [6.07, 6.45) is 1.45. The standard InChI is InChI=1S/C13H19NO/c1-10(2)8-11-4-3-5-12(9-11)13(15)6-7-14/h3-5,9-10H,6-8,14H2,1-2H3. The Labute approximate surface area is 91.5 Å². The Morgan fingerprint density at radius 2 is 2.13 bits per heavy atom. The van der Waals surface area contributed by atoms with Crippen LogP contribution in [-0.2, 0) is 6.42 Å². The summed E-state index contributed by atoms with van der Waals surface area (Å²) in [5.74, 6) is 0.757. The van der Waals surface area contributed by atoms with E-state index in [1.54, 1.807) is 0 Å². The Morgan fingerprint density at radius 3 is 2.73 bits per heavy atom. The van der Waals surface area contributed by atoms with Gasteiger partial charge in [0.1, 0.15) is 0 Å². The average Bonchev–Trinajstić information content (AvgIpc) is 2.17. The van der Waals surface area contributed by atoms with E-state index in [4.69, 9.17) is 5.73 Å². The van der Waals surface area contributed by atoms with Crippen LogP contribution in [0.1, 0.15) is 36.2 Å². The van der Waals surface area contributed by atoms with Gasteiger partial charge in [0.2, 0.25) is 0 Å². The predicted octanol–water partition coefficient (Wildman–Crippen LogP) is 2.42. The molecule has 1 aromatic rings. The zero-order valence-corrected chi connectivity index (χ0v) is 9.49. The molecule has 0 atom stereocenters. The second kappa shape index (κ2) is 5.66. The first kappa shape index (κ1) is 11.9. The Balaban J connectivity index is 2.78. The molecule has 0 bridgehead atoms. The molecule has 0 spiro atoms. The molecule has 0 amide bonds. The minimum atomic E-state index is 0.142. The topological polar surface area (TPSA) is 43.1 Å². The number of carbonyl (C=O) groups excluding carboxylic acids is 1. The van der Waals surface area contributed by atoms with Gasteiger partial charge in [0.25, 0.3) is 0 Å². The highest BCUT2D eigenvalue weighted by molar-refractivity contribution is 5.96. The van der Waals surface area contributed by atoms with Crippen LogP contribution in [0, 0.1) is 5.92 Å². The fraction of sp³-hybridized carbons (Fsp3) is 0.462. The summed E-state index contributed by atoms with van der Waals surface area (Å²) in [6.45, 7) is 4.77. The van der Waals surface area contributed by atoms with Crippen LogP contribution in [0.3, 0.4) is 0 Å². The highest BCUT2D eigenvalue weighted by Crippen LogP contribution is 2.11. The van der Waals surface area contributed by atoms with Gasteiger partial charge in [-0.05, 0) is 30.5 Å². The molecule has 2 N–H and O–H groups in total. The Hall–Kier alpha value is -1.15. The van der Waals surface area contributed by atoms with Crippen LogP contribution in [0.5, 0.6) is 0 Å². The molecule has 15 heavy (non-hydrogen) atoms. The summed E-state index contributed by atoms with van der Waals surface area (Å²) in [4.78, 5) is 11.6. The average molecular weight is 205 g/mol. The molecular formula is C13H19NO. The van der Waals surface area contributed by atoms with Gasteiger partial charge in [0, 0.05) is 12.0 Å². The van der Waals surface area contributed by atoms with Gasteiger partial charge in [0.15, 0.2) is 5.78 Å². The van der Waals surface area contributed by atoms with Gasteiger partial charge in [-0.2, -0.15) is 0 Å². The minimum absolute atomic E-state index is 0.142. The molecule has 1 rings (SSSR count). The summed E-state index contributed by atoms with van der Waals surface area (Å²) < 4.78 is 0. The monoisotopic (exact) mass is 205 g/mol. The van der Waals surface area contributed by atoms with Gasteiger partial charge in [0.05, 0.1) is 0 Å². The van der Waals surface area contributed by atoms with Crippen molar-refractivity contribution in [1.82, 2.24) is 0 Å². The molecule has 82 valence electrons. The second-order valence-electron chi connectivity index (χ2n) is 4.26. The van der Waals surface area contributed by atoms with Crippen molar-refractivity contribution in [1.29, 1.82) is 0 Å². The Morgan fingerprint density at radius 1 is 1.40 bits per heavy atom. The third kappa shape index (κ3) is 3.84. The highest BCUT2D eigenvalue weighted by atomic mass is 16.1. The van der Waals surface area contributed by atoms with E-state index in [0.29, 0.717) is 18.9 Å². The lowest BCUT2D eigenvalue weighted by Gasteiger charge is -2.06. The lowest BCUT2D eigenvalue weighted by molar-refractivity contribution is 0.0985. The van der Waals surface area contributed by atoms with Crippen molar-refractivity contribution in [3.8, 4) is 0 Å². The van der Waals surface area contributed by atoms with Gasteiger partial charge in [-0.15, -0.1) is 0 Å². The molecule has 0 aliphatic rings. The zero-order valence-electron chi connectivity index (χ0n) is 9.49. The molecule has 0 heterocycles.